The van der Waals surface area contributed by atoms with Gasteiger partial charge in [0.2, 0.25) is 17.7 Å². The van der Waals surface area contributed by atoms with Gasteiger partial charge in [0.15, 0.2) is 0 Å². The fraction of sp³-hybridized carbons (Fsp3) is 0.368. The number of hydrogen-bond acceptors (Lipinski definition) is 5. The van der Waals surface area contributed by atoms with Crippen LogP contribution >= 0.6 is 0 Å². The minimum absolute atomic E-state index is 0.0784. The van der Waals surface area contributed by atoms with Crippen LogP contribution in [0.25, 0.3) is 0 Å². The van der Waals surface area contributed by atoms with Gasteiger partial charge in [-0.3, -0.25) is 14.6 Å². The summed E-state index contributed by atoms with van der Waals surface area (Å²) in [7, 11) is 0. The highest BCUT2D eigenvalue weighted by Gasteiger charge is 2.27. The van der Waals surface area contributed by atoms with E-state index in [1.807, 2.05) is 4.90 Å². The van der Waals surface area contributed by atoms with Crippen LogP contribution in [0.1, 0.15) is 38.3 Å². The molecular weight excluding hydrogens is 332 g/mol. The van der Waals surface area contributed by atoms with E-state index in [9.17, 15) is 9.59 Å². The molecule has 0 saturated carbocycles. The van der Waals surface area contributed by atoms with Crippen LogP contribution in [0.3, 0.4) is 0 Å². The molecule has 1 saturated heterocycles. The monoisotopic (exact) mass is 354 g/mol. The van der Waals surface area contributed by atoms with Gasteiger partial charge in [-0.25, -0.2) is 4.98 Å². The van der Waals surface area contributed by atoms with E-state index >= 15 is 0 Å². The Kier molecular flexibility index (Phi) is 5.46. The molecule has 2 heterocycles. The van der Waals surface area contributed by atoms with Gasteiger partial charge in [-0.1, -0.05) is 0 Å². The predicted molar refractivity (Wildman–Crippen MR) is 97.1 cm³/mol. The van der Waals surface area contributed by atoms with E-state index in [0.29, 0.717) is 23.9 Å². The third kappa shape index (κ3) is 4.36. The molecule has 0 spiro atoms. The first-order valence-electron chi connectivity index (χ1n) is 8.65. The molecule has 0 aliphatic carbocycles. The molecular formula is C19H22N4O3. The van der Waals surface area contributed by atoms with Crippen LogP contribution in [0.5, 0.6) is 11.6 Å². The lowest BCUT2D eigenvalue weighted by atomic mass is 9.94. The minimum Gasteiger partial charge on any atom is -0.437 e. The molecule has 1 fully saturated rings. The van der Waals surface area contributed by atoms with E-state index < -0.39 is 0 Å². The number of amides is 2. The Hall–Kier alpha value is -2.96. The van der Waals surface area contributed by atoms with E-state index in [2.05, 4.69) is 15.3 Å². The molecule has 3 rings (SSSR count). The molecule has 7 heteroatoms. The van der Waals surface area contributed by atoms with E-state index in [-0.39, 0.29) is 17.7 Å². The van der Waals surface area contributed by atoms with Crippen LogP contribution in [0, 0.1) is 0 Å². The number of aromatic nitrogens is 2. The number of carbonyl (C=O) groups excluding carboxylic acids is 2. The van der Waals surface area contributed by atoms with E-state index in [1.165, 1.54) is 6.92 Å². The second kappa shape index (κ2) is 7.95. The van der Waals surface area contributed by atoms with Gasteiger partial charge in [-0.2, -0.15) is 0 Å². The van der Waals surface area contributed by atoms with E-state index in [4.69, 9.17) is 4.74 Å². The van der Waals surface area contributed by atoms with Crippen molar-refractivity contribution in [2.45, 2.75) is 32.6 Å². The van der Waals surface area contributed by atoms with Crippen LogP contribution in [-0.2, 0) is 9.59 Å². The number of carbonyl (C=O) groups is 2. The molecule has 7 nitrogen and oxygen atoms in total. The normalized spacial score (nSPS) is 16.8. The molecule has 1 aromatic heterocycles. The Bertz CT molecular complexity index is 792. The Morgan fingerprint density at radius 3 is 2.58 bits per heavy atom. The standard InChI is InChI=1S/C19H22N4O3/c1-13(24)22-16-5-7-17(8-6-16)26-19-18(20-9-10-21-19)15-4-3-11-23(12-15)14(2)25/h5-10,15H,3-4,11-12H2,1-2H3,(H,22,24)/t15-/m0/s1. The van der Waals surface area contributed by atoms with Crippen molar-refractivity contribution in [1.29, 1.82) is 0 Å². The molecule has 0 bridgehead atoms. The lowest BCUT2D eigenvalue weighted by Crippen LogP contribution is -2.38. The van der Waals surface area contributed by atoms with Crippen molar-refractivity contribution in [3.05, 3.63) is 42.4 Å². The third-order valence-electron chi connectivity index (χ3n) is 4.33. The quantitative estimate of drug-likeness (QED) is 0.912. The van der Waals surface area contributed by atoms with Crippen LogP contribution < -0.4 is 10.1 Å². The molecule has 1 atom stereocenters. The summed E-state index contributed by atoms with van der Waals surface area (Å²) in [5.41, 5.74) is 1.47. The van der Waals surface area contributed by atoms with E-state index in [1.54, 1.807) is 43.6 Å². The van der Waals surface area contributed by atoms with Crippen molar-refractivity contribution in [2.75, 3.05) is 18.4 Å². The number of likely N-dealkylation sites (tertiary alicyclic amines) is 1. The van der Waals surface area contributed by atoms with Crippen molar-refractivity contribution in [3.63, 3.8) is 0 Å². The first kappa shape index (κ1) is 17.8. The van der Waals surface area contributed by atoms with Crippen molar-refractivity contribution >= 4 is 17.5 Å². The zero-order chi connectivity index (χ0) is 18.5. The maximum absolute atomic E-state index is 11.7. The molecule has 0 radical (unpaired) electrons. The number of hydrogen-bond donors (Lipinski definition) is 1. The highest BCUT2D eigenvalue weighted by atomic mass is 16.5. The molecule has 26 heavy (non-hydrogen) atoms. The van der Waals surface area contributed by atoms with E-state index in [0.717, 1.165) is 25.1 Å². The van der Waals surface area contributed by atoms with Gasteiger partial charge in [0.1, 0.15) is 11.4 Å². The summed E-state index contributed by atoms with van der Waals surface area (Å²) in [4.78, 5) is 33.4. The topological polar surface area (TPSA) is 84.4 Å². The number of nitrogens with zero attached hydrogens (tertiary/aromatic N) is 3. The maximum Gasteiger partial charge on any atom is 0.241 e. The molecule has 2 aromatic rings. The first-order valence-corrected chi connectivity index (χ1v) is 8.65. The van der Waals surface area contributed by atoms with Gasteiger partial charge in [-0.15, -0.1) is 0 Å². The largest absolute Gasteiger partial charge is 0.437 e. The van der Waals surface area contributed by atoms with Crippen LogP contribution in [0.15, 0.2) is 36.7 Å². The SMILES string of the molecule is CC(=O)Nc1ccc(Oc2nccnc2[C@H]2CCCN(C(C)=O)C2)cc1. The Balaban J connectivity index is 1.77. The van der Waals surface area contributed by atoms with Gasteiger partial charge >= 0.3 is 0 Å². The van der Waals surface area contributed by atoms with Crippen LogP contribution in [0.4, 0.5) is 5.69 Å². The van der Waals surface area contributed by atoms with Gasteiger partial charge in [0.25, 0.3) is 0 Å². The molecule has 2 amide bonds. The fourth-order valence-electron chi connectivity index (χ4n) is 3.10. The predicted octanol–water partition coefficient (Wildman–Crippen LogP) is 2.95. The maximum atomic E-state index is 11.7. The summed E-state index contributed by atoms with van der Waals surface area (Å²) in [6, 6.07) is 7.08. The van der Waals surface area contributed by atoms with Gasteiger partial charge in [-0.05, 0) is 37.1 Å². The van der Waals surface area contributed by atoms with Crippen molar-refractivity contribution in [3.8, 4) is 11.6 Å². The van der Waals surface area contributed by atoms with Crippen molar-refractivity contribution in [2.24, 2.45) is 0 Å². The summed E-state index contributed by atoms with van der Waals surface area (Å²) < 4.78 is 5.93. The number of piperidine rings is 1. The van der Waals surface area contributed by atoms with Crippen LogP contribution in [0.2, 0.25) is 0 Å². The highest BCUT2D eigenvalue weighted by Crippen LogP contribution is 2.32. The lowest BCUT2D eigenvalue weighted by Gasteiger charge is -2.32. The Morgan fingerprint density at radius 2 is 1.88 bits per heavy atom. The summed E-state index contributed by atoms with van der Waals surface area (Å²) >= 11 is 0. The molecule has 0 unspecified atom stereocenters. The summed E-state index contributed by atoms with van der Waals surface area (Å²) in [5.74, 6) is 1.13. The van der Waals surface area contributed by atoms with Crippen molar-refractivity contribution in [1.82, 2.24) is 14.9 Å². The zero-order valence-corrected chi connectivity index (χ0v) is 14.9. The van der Waals surface area contributed by atoms with Gasteiger partial charge < -0.3 is 15.0 Å². The number of rotatable bonds is 4. The summed E-state index contributed by atoms with van der Waals surface area (Å²) in [6.45, 7) is 4.47. The van der Waals surface area contributed by atoms with Gasteiger partial charge in [0.05, 0.1) is 0 Å². The molecule has 1 N–H and O–H groups in total. The molecule has 1 aromatic carbocycles. The smallest absolute Gasteiger partial charge is 0.241 e. The lowest BCUT2D eigenvalue weighted by molar-refractivity contribution is -0.130. The Labute approximate surface area is 152 Å². The summed E-state index contributed by atoms with van der Waals surface area (Å²) in [5, 5.41) is 2.71. The number of anilines is 1. The average Bonchev–Trinajstić information content (AvgIpc) is 2.63. The summed E-state index contributed by atoms with van der Waals surface area (Å²) in [6.07, 6.45) is 5.12. The number of benzene rings is 1. The van der Waals surface area contributed by atoms with Crippen molar-refractivity contribution < 1.29 is 14.3 Å². The Morgan fingerprint density at radius 1 is 1.15 bits per heavy atom. The second-order valence-electron chi connectivity index (χ2n) is 6.36. The molecule has 136 valence electrons. The third-order valence-corrected chi connectivity index (χ3v) is 4.33. The average molecular weight is 354 g/mol. The first-order chi connectivity index (χ1) is 12.5. The molecule has 1 aliphatic heterocycles. The van der Waals surface area contributed by atoms with Gasteiger partial charge in [0, 0.05) is 50.9 Å². The second-order valence-corrected chi connectivity index (χ2v) is 6.36. The zero-order valence-electron chi connectivity index (χ0n) is 14.9. The fourth-order valence-corrected chi connectivity index (χ4v) is 3.10. The van der Waals surface area contributed by atoms with Crippen LogP contribution in [-0.4, -0.2) is 39.8 Å². The number of nitrogens with one attached hydrogen (secondary N) is 1. The number of ether oxygens (including phenoxy) is 1. The minimum atomic E-state index is -0.123. The highest BCUT2D eigenvalue weighted by molar-refractivity contribution is 5.88. The molecule has 1 aliphatic rings.